The Morgan fingerprint density at radius 3 is 2.33 bits per heavy atom. The first-order valence-electron chi connectivity index (χ1n) is 13.6. The number of methoxy groups -OCH3 is 1. The molecule has 3 aromatic carbocycles. The monoisotopic (exact) mass is 608 g/mol. The maximum Gasteiger partial charge on any atom is 0.240 e. The summed E-state index contributed by atoms with van der Waals surface area (Å²) in [6.45, 7) is 5.68. The lowest BCUT2D eigenvalue weighted by molar-refractivity contribution is -0.123. The summed E-state index contributed by atoms with van der Waals surface area (Å²) in [5.41, 5.74) is 2.12. The van der Waals surface area contributed by atoms with E-state index in [1.54, 1.807) is 48.2 Å². The number of nitrogens with one attached hydrogen (secondary N) is 1. The Kier molecular flexibility index (Phi) is 8.55. The lowest BCUT2D eigenvalue weighted by Gasteiger charge is -2.24. The quantitative estimate of drug-likeness (QED) is 0.275. The van der Waals surface area contributed by atoms with Gasteiger partial charge in [0.05, 0.1) is 29.5 Å². The zero-order chi connectivity index (χ0) is 30.9. The number of benzene rings is 3. The Bertz CT molecular complexity index is 1650. The molecule has 2 amide bonds. The number of nitrogens with zero attached hydrogens (tertiary/aromatic N) is 3. The second kappa shape index (κ2) is 12.2. The van der Waals surface area contributed by atoms with Crippen LogP contribution in [0.5, 0.6) is 5.75 Å². The molecule has 7 nitrogen and oxygen atoms in total. The molecule has 11 heteroatoms. The van der Waals surface area contributed by atoms with Crippen LogP contribution in [0.1, 0.15) is 48.4 Å². The fourth-order valence-corrected chi connectivity index (χ4v) is 6.16. The minimum atomic E-state index is -0.738. The van der Waals surface area contributed by atoms with Crippen LogP contribution in [0.2, 0.25) is 0 Å². The molecule has 0 spiro atoms. The van der Waals surface area contributed by atoms with Crippen molar-refractivity contribution in [2.75, 3.05) is 24.3 Å². The van der Waals surface area contributed by atoms with Crippen molar-refractivity contribution in [1.82, 2.24) is 15.1 Å². The Labute approximate surface area is 252 Å². The number of halogens is 3. The molecule has 0 saturated heterocycles. The number of anilines is 1. The van der Waals surface area contributed by atoms with Crippen molar-refractivity contribution < 1.29 is 27.5 Å². The fraction of sp³-hybridized carbons (Fsp3) is 0.281. The third-order valence-corrected chi connectivity index (χ3v) is 8.30. The van der Waals surface area contributed by atoms with Gasteiger partial charge in [-0.15, -0.1) is 11.8 Å². The maximum atomic E-state index is 15.3. The standard InChI is InChI=1S/C32H31F3N4O3S/c1-32(2,3)30-28-29(24-14-9-21(34)15-25(24)35)43-18-27(41)38(17-26(40)36-16-19-5-7-20(33)8-6-19)31(28)39(37-30)22-10-12-23(42-4)13-11-22/h5-15,29H,16-18H2,1-4H3,(H,36,40)/t29-/m1/s1. The summed E-state index contributed by atoms with van der Waals surface area (Å²) in [6.07, 6.45) is 0. The van der Waals surface area contributed by atoms with Crippen molar-refractivity contribution >= 4 is 29.4 Å². The van der Waals surface area contributed by atoms with Crippen LogP contribution in [0.4, 0.5) is 19.0 Å². The van der Waals surface area contributed by atoms with Crippen LogP contribution in [-0.4, -0.2) is 41.0 Å². The SMILES string of the molecule is COc1ccc(-n2nc(C(C)(C)C)c3c2N(CC(=O)NCc2ccc(F)cc2)C(=O)CS[C@@H]3c2ccc(F)cc2F)cc1. The number of carbonyl (C=O) groups is 2. The van der Waals surface area contributed by atoms with Gasteiger partial charge < -0.3 is 10.1 Å². The first-order valence-corrected chi connectivity index (χ1v) is 14.7. The Hall–Kier alpha value is -4.25. The van der Waals surface area contributed by atoms with Gasteiger partial charge in [0.1, 0.15) is 35.6 Å². The molecular weight excluding hydrogens is 577 g/mol. The average molecular weight is 609 g/mol. The van der Waals surface area contributed by atoms with Gasteiger partial charge in [-0.05, 0) is 48.0 Å². The molecule has 5 rings (SSSR count). The van der Waals surface area contributed by atoms with Gasteiger partial charge in [0.15, 0.2) is 0 Å². The van der Waals surface area contributed by atoms with Gasteiger partial charge in [-0.3, -0.25) is 14.5 Å². The highest BCUT2D eigenvalue weighted by atomic mass is 32.2. The molecule has 1 aromatic heterocycles. The molecule has 1 atom stereocenters. The molecule has 1 N–H and O–H groups in total. The molecule has 43 heavy (non-hydrogen) atoms. The molecule has 0 fully saturated rings. The number of ether oxygens (including phenoxy) is 1. The van der Waals surface area contributed by atoms with E-state index in [4.69, 9.17) is 9.84 Å². The van der Waals surface area contributed by atoms with Gasteiger partial charge in [0.25, 0.3) is 0 Å². The van der Waals surface area contributed by atoms with E-state index in [0.717, 1.165) is 6.07 Å². The van der Waals surface area contributed by atoms with E-state index in [9.17, 15) is 18.4 Å². The first-order chi connectivity index (χ1) is 20.5. The third-order valence-electron chi connectivity index (χ3n) is 7.07. The number of aromatic nitrogens is 2. The minimum absolute atomic E-state index is 0.0619. The number of amides is 2. The van der Waals surface area contributed by atoms with E-state index < -0.39 is 28.2 Å². The summed E-state index contributed by atoms with van der Waals surface area (Å²) in [5, 5.41) is 7.03. The highest BCUT2D eigenvalue weighted by Gasteiger charge is 2.40. The normalized spacial score (nSPS) is 15.2. The summed E-state index contributed by atoms with van der Waals surface area (Å²) in [4.78, 5) is 28.4. The second-order valence-corrected chi connectivity index (χ2v) is 12.3. The van der Waals surface area contributed by atoms with Crippen LogP contribution in [0.15, 0.2) is 66.7 Å². The number of rotatable bonds is 7. The van der Waals surface area contributed by atoms with E-state index in [0.29, 0.717) is 34.1 Å². The van der Waals surface area contributed by atoms with Gasteiger partial charge in [-0.25, -0.2) is 17.9 Å². The highest BCUT2D eigenvalue weighted by molar-refractivity contribution is 8.00. The predicted octanol–water partition coefficient (Wildman–Crippen LogP) is 6.08. The van der Waals surface area contributed by atoms with Crippen molar-refractivity contribution in [3.8, 4) is 11.4 Å². The van der Waals surface area contributed by atoms with Gasteiger partial charge in [0, 0.05) is 29.2 Å². The summed E-state index contributed by atoms with van der Waals surface area (Å²) < 4.78 is 49.5. The van der Waals surface area contributed by atoms with Crippen LogP contribution in [0.25, 0.3) is 5.69 Å². The Morgan fingerprint density at radius 1 is 1.02 bits per heavy atom. The van der Waals surface area contributed by atoms with Crippen LogP contribution >= 0.6 is 11.8 Å². The number of thioether (sulfide) groups is 1. The number of hydrogen-bond donors (Lipinski definition) is 1. The molecule has 224 valence electrons. The van der Waals surface area contributed by atoms with E-state index in [1.165, 1.54) is 40.9 Å². The molecule has 0 aliphatic carbocycles. The summed E-state index contributed by atoms with van der Waals surface area (Å²) in [7, 11) is 1.55. The molecule has 0 bridgehead atoms. The molecule has 1 aliphatic heterocycles. The second-order valence-electron chi connectivity index (χ2n) is 11.2. The lowest BCUT2D eigenvalue weighted by atomic mass is 9.87. The molecule has 4 aromatic rings. The highest BCUT2D eigenvalue weighted by Crippen LogP contribution is 2.49. The van der Waals surface area contributed by atoms with E-state index in [2.05, 4.69) is 5.32 Å². The van der Waals surface area contributed by atoms with Crippen LogP contribution in [0.3, 0.4) is 0 Å². The molecule has 0 unspecified atom stereocenters. The smallest absolute Gasteiger partial charge is 0.240 e. The number of carbonyl (C=O) groups excluding carboxylic acids is 2. The summed E-state index contributed by atoms with van der Waals surface area (Å²) in [5.74, 6) is -1.76. The average Bonchev–Trinajstić information content (AvgIpc) is 3.31. The molecule has 0 saturated carbocycles. The van der Waals surface area contributed by atoms with E-state index in [-0.39, 0.29) is 36.1 Å². The van der Waals surface area contributed by atoms with Gasteiger partial charge in [-0.1, -0.05) is 39.0 Å². The lowest BCUT2D eigenvalue weighted by Crippen LogP contribution is -2.42. The maximum absolute atomic E-state index is 15.3. The topological polar surface area (TPSA) is 76.5 Å². The van der Waals surface area contributed by atoms with Crippen molar-refractivity contribution in [3.63, 3.8) is 0 Å². The summed E-state index contributed by atoms with van der Waals surface area (Å²) >= 11 is 1.20. The number of hydrogen-bond acceptors (Lipinski definition) is 5. The largest absolute Gasteiger partial charge is 0.497 e. The van der Waals surface area contributed by atoms with Crippen LogP contribution < -0.4 is 15.0 Å². The van der Waals surface area contributed by atoms with Crippen molar-refractivity contribution in [3.05, 3.63) is 107 Å². The zero-order valence-electron chi connectivity index (χ0n) is 24.2. The van der Waals surface area contributed by atoms with Crippen molar-refractivity contribution in [2.24, 2.45) is 0 Å². The van der Waals surface area contributed by atoms with E-state index in [1.807, 2.05) is 20.8 Å². The Balaban J connectivity index is 1.65. The van der Waals surface area contributed by atoms with Gasteiger partial charge in [-0.2, -0.15) is 5.10 Å². The number of fused-ring (bicyclic) bond motifs is 1. The van der Waals surface area contributed by atoms with E-state index >= 15 is 4.39 Å². The minimum Gasteiger partial charge on any atom is -0.497 e. The van der Waals surface area contributed by atoms with Crippen LogP contribution in [0, 0.1) is 17.5 Å². The summed E-state index contributed by atoms with van der Waals surface area (Å²) in [6, 6.07) is 16.2. The van der Waals surface area contributed by atoms with Crippen LogP contribution in [-0.2, 0) is 21.5 Å². The molecule has 0 radical (unpaired) electrons. The fourth-order valence-electron chi connectivity index (χ4n) is 4.94. The predicted molar refractivity (Wildman–Crippen MR) is 160 cm³/mol. The molecule has 1 aliphatic rings. The van der Waals surface area contributed by atoms with Crippen molar-refractivity contribution in [2.45, 2.75) is 38.0 Å². The third kappa shape index (κ3) is 6.41. The first kappa shape index (κ1) is 30.2. The Morgan fingerprint density at radius 2 is 1.70 bits per heavy atom. The molecule has 2 heterocycles. The van der Waals surface area contributed by atoms with Crippen molar-refractivity contribution in [1.29, 1.82) is 0 Å². The van der Waals surface area contributed by atoms with Gasteiger partial charge in [0.2, 0.25) is 11.8 Å². The van der Waals surface area contributed by atoms with Gasteiger partial charge >= 0.3 is 0 Å². The zero-order valence-corrected chi connectivity index (χ0v) is 25.0. The molecular formula is C32H31F3N4O3S.